The quantitative estimate of drug-likeness (QED) is 0.114. The largest absolute Gasteiger partial charge is 0.310 e. The highest BCUT2D eigenvalue weighted by atomic mass is 15.2. The minimum Gasteiger partial charge on any atom is -0.310 e. The molecule has 0 unspecified atom stereocenters. The first-order valence-electron chi connectivity index (χ1n) is 40.6. The number of nitrogens with zero attached hydrogens (tertiary/aromatic N) is 2. The third-order valence-electron chi connectivity index (χ3n) is 25.9. The van der Waals surface area contributed by atoms with Crippen LogP contribution in [-0.4, -0.2) is 0 Å². The Morgan fingerprint density at radius 1 is 0.155 bits per heavy atom. The van der Waals surface area contributed by atoms with Crippen molar-refractivity contribution in [3.05, 3.63) is 527 Å². The molecular weight excluding hydrogens is 1400 g/mol. The van der Waals surface area contributed by atoms with Gasteiger partial charge < -0.3 is 9.80 Å². The summed E-state index contributed by atoms with van der Waals surface area (Å²) in [6, 6.07) is 169. The molecule has 0 N–H and O–H groups in total. The van der Waals surface area contributed by atoms with Gasteiger partial charge in [-0.25, -0.2) is 0 Å². The van der Waals surface area contributed by atoms with E-state index in [0.717, 1.165) is 67.5 Å². The second kappa shape index (κ2) is 27.2. The summed E-state index contributed by atoms with van der Waals surface area (Å²) < 4.78 is 0. The maximum atomic E-state index is 2.51. The first kappa shape index (κ1) is 68.4. The van der Waals surface area contributed by atoms with E-state index in [1.54, 1.807) is 0 Å². The second-order valence-corrected chi connectivity index (χ2v) is 32.0. The van der Waals surface area contributed by atoms with Gasteiger partial charge in [0.1, 0.15) is 0 Å². The molecule has 4 aliphatic rings. The van der Waals surface area contributed by atoms with Crippen LogP contribution in [0.3, 0.4) is 0 Å². The Hall–Kier alpha value is -14.4. The molecule has 0 amide bonds. The lowest BCUT2D eigenvalue weighted by Crippen LogP contribution is -2.44. The number of benzene rings is 18. The average Bonchev–Trinajstić information content (AvgIpc) is 1.38. The summed E-state index contributed by atoms with van der Waals surface area (Å²) in [6.07, 6.45) is 0. The third kappa shape index (κ3) is 10.2. The molecule has 18 aromatic rings. The van der Waals surface area contributed by atoms with E-state index in [2.05, 4.69) is 473 Å². The first-order valence-corrected chi connectivity index (χ1v) is 40.6. The Kier molecular flexibility index (Phi) is 16.0. The van der Waals surface area contributed by atoms with E-state index in [1.807, 2.05) is 0 Å². The van der Waals surface area contributed by atoms with Gasteiger partial charge in [0, 0.05) is 39.3 Å². The Labute approximate surface area is 679 Å². The summed E-state index contributed by atoms with van der Waals surface area (Å²) in [4.78, 5) is 4.97. The zero-order valence-electron chi connectivity index (χ0n) is 64.6. The fourth-order valence-electron chi connectivity index (χ4n) is 20.9. The Morgan fingerprint density at radius 2 is 0.431 bits per heavy atom. The molecule has 0 bridgehead atoms. The number of hydrogen-bond acceptors (Lipinski definition) is 2. The summed E-state index contributed by atoms with van der Waals surface area (Å²) >= 11 is 0. The van der Waals surface area contributed by atoms with Crippen molar-refractivity contribution in [1.29, 1.82) is 0 Å². The van der Waals surface area contributed by atoms with Crippen LogP contribution in [0.2, 0.25) is 0 Å². The van der Waals surface area contributed by atoms with Gasteiger partial charge in [0.05, 0.1) is 27.6 Å². The highest BCUT2D eigenvalue weighted by Crippen LogP contribution is 2.67. The molecule has 0 saturated heterocycles. The number of rotatable bonds is 13. The molecule has 2 heteroatoms. The predicted molar refractivity (Wildman–Crippen MR) is 482 cm³/mol. The molecule has 546 valence electrons. The van der Waals surface area contributed by atoms with Crippen LogP contribution in [0.25, 0.3) is 77.9 Å². The maximum absolute atomic E-state index is 2.51. The van der Waals surface area contributed by atoms with Crippen LogP contribution in [-0.2, 0) is 21.7 Å². The summed E-state index contributed by atoms with van der Waals surface area (Å²) in [6.45, 7) is 4.80. The topological polar surface area (TPSA) is 6.48 Å². The number of hydrogen-bond donors (Lipinski definition) is 0. The summed E-state index contributed by atoms with van der Waals surface area (Å²) in [7, 11) is 0. The Balaban J connectivity index is 0.693. The van der Waals surface area contributed by atoms with Crippen LogP contribution in [0.4, 0.5) is 34.1 Å². The highest BCUT2D eigenvalue weighted by molar-refractivity contribution is 5.98. The van der Waals surface area contributed by atoms with Gasteiger partial charge in [0.25, 0.3) is 0 Å². The molecule has 0 radical (unpaired) electrons. The van der Waals surface area contributed by atoms with E-state index >= 15 is 0 Å². The molecule has 2 spiro atoms. The van der Waals surface area contributed by atoms with Crippen molar-refractivity contribution in [2.45, 2.75) is 35.5 Å². The Bertz CT molecular complexity index is 6730. The normalized spacial score (nSPS) is 14.9. The molecular formula is C114H80N2. The first-order chi connectivity index (χ1) is 57.3. The zero-order chi connectivity index (χ0) is 77.1. The van der Waals surface area contributed by atoms with E-state index in [9.17, 15) is 0 Å². The summed E-state index contributed by atoms with van der Waals surface area (Å²) in [5, 5.41) is 0. The van der Waals surface area contributed by atoms with Crippen molar-refractivity contribution in [2.24, 2.45) is 0 Å². The van der Waals surface area contributed by atoms with Crippen molar-refractivity contribution >= 4 is 34.1 Å². The van der Waals surface area contributed by atoms with E-state index in [1.165, 1.54) is 122 Å². The van der Waals surface area contributed by atoms with E-state index in [4.69, 9.17) is 0 Å². The van der Waals surface area contributed by atoms with Crippen molar-refractivity contribution < 1.29 is 0 Å². The summed E-state index contributed by atoms with van der Waals surface area (Å²) in [5.41, 5.74) is 39.0. The minimum atomic E-state index is -0.744. The minimum absolute atomic E-state index is 0.199. The van der Waals surface area contributed by atoms with Crippen molar-refractivity contribution in [1.82, 2.24) is 0 Å². The molecule has 0 atom stereocenters. The molecule has 22 rings (SSSR count). The lowest BCUT2D eigenvalue weighted by Gasteiger charge is -2.50. The van der Waals surface area contributed by atoms with Crippen LogP contribution >= 0.6 is 0 Å². The van der Waals surface area contributed by atoms with Crippen LogP contribution in [0.15, 0.2) is 449 Å². The number of fused-ring (bicyclic) bond motifs is 18. The maximum Gasteiger partial charge on any atom is 0.0720 e. The van der Waals surface area contributed by atoms with Crippen LogP contribution in [0.5, 0.6) is 0 Å². The molecule has 0 fully saturated rings. The van der Waals surface area contributed by atoms with Gasteiger partial charge in [-0.15, -0.1) is 0 Å². The molecule has 18 aromatic carbocycles. The Morgan fingerprint density at radius 3 is 0.871 bits per heavy atom. The fourth-order valence-corrected chi connectivity index (χ4v) is 20.9. The average molecular weight is 1480 g/mol. The number of para-hydroxylation sites is 1. The molecule has 0 heterocycles. The van der Waals surface area contributed by atoms with Gasteiger partial charge in [-0.2, -0.15) is 0 Å². The standard InChI is InChI=1S/C114H80N2/c1-111(2)101-47-23-25-49-103(101)113(104-50-26-24-48-102(104)111)97-45-21-18-43-92(97)95-76-90(70-71-99(95)113)116(88-67-60-80(61-68-88)78-34-10-4-11-35-78)110-73-62-84(74-94(110)83-38-14-6-15-39-83)81-56-63-86(64-57-81)112(85-40-16-7-17-41-85)105-51-27-29-53-107(105)114(108-54-30-28-52-106(108)112)98-46-22-19-44-93(98)96-75-89(69-72-100(96)114)115(87-65-58-79(59-66-87)77-32-8-3-9-33-77)109-55-31-20-42-91(109)82-36-12-5-13-37-82/h3-76H,1-2H3. The fraction of sp³-hybridized carbons (Fsp3) is 0.0526. The lowest BCUT2D eigenvalue weighted by atomic mass is 9.51. The van der Waals surface area contributed by atoms with Crippen molar-refractivity contribution in [3.63, 3.8) is 0 Å². The summed E-state index contributed by atoms with van der Waals surface area (Å²) in [5.74, 6) is 0. The molecule has 2 nitrogen and oxygen atoms in total. The molecule has 0 saturated carbocycles. The molecule has 116 heavy (non-hydrogen) atoms. The second-order valence-electron chi connectivity index (χ2n) is 32.0. The smallest absolute Gasteiger partial charge is 0.0720 e. The molecule has 0 aromatic heterocycles. The van der Waals surface area contributed by atoms with Gasteiger partial charge in [-0.3, -0.25) is 0 Å². The van der Waals surface area contributed by atoms with Crippen molar-refractivity contribution in [2.75, 3.05) is 9.80 Å². The van der Waals surface area contributed by atoms with Gasteiger partial charge in [-0.05, 0) is 211 Å². The van der Waals surface area contributed by atoms with E-state index in [-0.39, 0.29) is 5.41 Å². The van der Waals surface area contributed by atoms with Crippen molar-refractivity contribution in [3.8, 4) is 77.9 Å². The lowest BCUT2D eigenvalue weighted by molar-refractivity contribution is 0.563. The molecule has 0 aliphatic heterocycles. The van der Waals surface area contributed by atoms with E-state index < -0.39 is 16.2 Å². The van der Waals surface area contributed by atoms with Gasteiger partial charge in [-0.1, -0.05) is 396 Å². The molecule has 4 aliphatic carbocycles. The predicted octanol–water partition coefficient (Wildman–Crippen LogP) is 29.0. The SMILES string of the molecule is CC1(C)c2ccccc2C2(c3ccccc3-c3cc(N(c4ccc(-c5ccccc5)cc4)c4ccc(-c5ccc(C6(c7ccccc7)c7ccccc7C7(c8ccccc8-c8cc(N(c9ccc(-c%10ccccc%10)cc9)c9ccccc9-c9ccccc9)ccc87)c7ccccc76)cc5)cc4-c4ccccc4)ccc32)c2ccccc21. The van der Waals surface area contributed by atoms with E-state index in [0.29, 0.717) is 0 Å². The van der Waals surface area contributed by atoms with Gasteiger partial charge >= 0.3 is 0 Å². The van der Waals surface area contributed by atoms with Gasteiger partial charge in [0.2, 0.25) is 0 Å². The van der Waals surface area contributed by atoms with Crippen LogP contribution < -0.4 is 9.80 Å². The highest BCUT2D eigenvalue weighted by Gasteiger charge is 2.58. The third-order valence-corrected chi connectivity index (χ3v) is 25.9. The number of anilines is 6. The zero-order valence-corrected chi connectivity index (χ0v) is 64.6. The van der Waals surface area contributed by atoms with Crippen LogP contribution in [0.1, 0.15) is 91.7 Å². The van der Waals surface area contributed by atoms with Crippen LogP contribution in [0, 0.1) is 0 Å². The van der Waals surface area contributed by atoms with Gasteiger partial charge in [0.15, 0.2) is 0 Å². The monoisotopic (exact) mass is 1480 g/mol.